The Labute approximate surface area is 172 Å². The predicted molar refractivity (Wildman–Crippen MR) is 117 cm³/mol. The number of likely N-dealkylation sites (tertiary alicyclic amines) is 1. The van der Waals surface area contributed by atoms with Gasteiger partial charge in [-0.1, -0.05) is 24.6 Å². The summed E-state index contributed by atoms with van der Waals surface area (Å²) in [5.41, 5.74) is 3.07. The fourth-order valence-corrected chi connectivity index (χ4v) is 4.03. The van der Waals surface area contributed by atoms with Crippen LogP contribution in [-0.4, -0.2) is 45.9 Å². The zero-order chi connectivity index (χ0) is 20.3. The molecule has 0 saturated carbocycles. The number of nitrogens with zero attached hydrogens (tertiary/aromatic N) is 3. The summed E-state index contributed by atoms with van der Waals surface area (Å²) in [7, 11) is 0. The number of para-hydroxylation sites is 1. The molecule has 2 aromatic heterocycles. The molecule has 0 aliphatic carbocycles. The van der Waals surface area contributed by atoms with Gasteiger partial charge in [0.25, 0.3) is 5.91 Å². The summed E-state index contributed by atoms with van der Waals surface area (Å²) in [6.07, 6.45) is 7.29. The van der Waals surface area contributed by atoms with Gasteiger partial charge in [-0.15, -0.1) is 0 Å². The van der Waals surface area contributed by atoms with Gasteiger partial charge in [-0.05, 0) is 64.0 Å². The number of carbonyl (C=O) groups excluding carboxylic acids is 1. The molecule has 5 heteroatoms. The Morgan fingerprint density at radius 3 is 2.66 bits per heavy atom. The molecular weight excluding hydrogens is 360 g/mol. The van der Waals surface area contributed by atoms with E-state index < -0.39 is 0 Å². The Hall–Kier alpha value is -2.79. The average molecular weight is 389 g/mol. The van der Waals surface area contributed by atoms with E-state index in [1.807, 2.05) is 42.5 Å². The molecule has 1 amide bonds. The molecule has 1 aromatic carbocycles. The summed E-state index contributed by atoms with van der Waals surface area (Å²) in [6.45, 7) is 7.25. The standard InChI is InChI=1S/C24H28N4O/c1-24(2,28-13-6-3-7-14-28)17-26-23(29)20-15-22(18-9-8-12-25-16-18)27-21-11-5-4-10-19(20)21/h4-5,8-12,15-16H,3,6-7,13-14,17H2,1-2H3,(H,26,29). The Balaban J connectivity index is 1.61. The first-order chi connectivity index (χ1) is 14.0. The lowest BCUT2D eigenvalue weighted by molar-refractivity contribution is 0.0798. The minimum atomic E-state index is -0.0644. The van der Waals surface area contributed by atoms with Crippen molar-refractivity contribution in [2.75, 3.05) is 19.6 Å². The number of rotatable bonds is 5. The number of piperidine rings is 1. The van der Waals surface area contributed by atoms with E-state index in [9.17, 15) is 4.79 Å². The second-order valence-electron chi connectivity index (χ2n) is 8.36. The van der Waals surface area contributed by atoms with E-state index in [1.165, 1.54) is 19.3 Å². The smallest absolute Gasteiger partial charge is 0.252 e. The minimum absolute atomic E-state index is 0.0566. The Morgan fingerprint density at radius 1 is 1.10 bits per heavy atom. The van der Waals surface area contributed by atoms with E-state index in [-0.39, 0.29) is 11.4 Å². The van der Waals surface area contributed by atoms with E-state index in [4.69, 9.17) is 4.98 Å². The van der Waals surface area contributed by atoms with Crippen LogP contribution in [-0.2, 0) is 0 Å². The van der Waals surface area contributed by atoms with Crippen molar-refractivity contribution in [3.63, 3.8) is 0 Å². The maximum absolute atomic E-state index is 13.2. The van der Waals surface area contributed by atoms with Gasteiger partial charge < -0.3 is 5.32 Å². The molecule has 4 rings (SSSR count). The Morgan fingerprint density at radius 2 is 1.90 bits per heavy atom. The summed E-state index contributed by atoms with van der Waals surface area (Å²) in [4.78, 5) is 24.6. The maximum Gasteiger partial charge on any atom is 0.252 e. The van der Waals surface area contributed by atoms with Crippen molar-refractivity contribution in [2.24, 2.45) is 0 Å². The van der Waals surface area contributed by atoms with E-state index in [0.29, 0.717) is 12.1 Å². The molecule has 0 bridgehead atoms. The lowest BCUT2D eigenvalue weighted by atomic mass is 9.98. The molecule has 0 radical (unpaired) electrons. The molecule has 150 valence electrons. The number of carbonyl (C=O) groups is 1. The highest BCUT2D eigenvalue weighted by molar-refractivity contribution is 6.07. The number of fused-ring (bicyclic) bond motifs is 1. The molecule has 1 aliphatic rings. The van der Waals surface area contributed by atoms with Crippen molar-refractivity contribution in [3.8, 4) is 11.3 Å². The lowest BCUT2D eigenvalue weighted by Crippen LogP contribution is -2.53. The number of hydrogen-bond donors (Lipinski definition) is 1. The highest BCUT2D eigenvalue weighted by Gasteiger charge is 2.28. The second-order valence-corrected chi connectivity index (χ2v) is 8.36. The van der Waals surface area contributed by atoms with Gasteiger partial charge in [0, 0.05) is 35.4 Å². The topological polar surface area (TPSA) is 58.1 Å². The van der Waals surface area contributed by atoms with Crippen molar-refractivity contribution in [1.29, 1.82) is 0 Å². The molecule has 0 unspecified atom stereocenters. The van der Waals surface area contributed by atoms with Gasteiger partial charge in [-0.25, -0.2) is 4.98 Å². The van der Waals surface area contributed by atoms with Crippen LogP contribution in [0.5, 0.6) is 0 Å². The molecule has 3 aromatic rings. The van der Waals surface area contributed by atoms with Crippen LogP contribution in [0.1, 0.15) is 43.5 Å². The highest BCUT2D eigenvalue weighted by atomic mass is 16.1. The highest BCUT2D eigenvalue weighted by Crippen LogP contribution is 2.25. The predicted octanol–water partition coefficient (Wildman–Crippen LogP) is 4.29. The quantitative estimate of drug-likeness (QED) is 0.708. The molecule has 3 heterocycles. The fraction of sp³-hybridized carbons (Fsp3) is 0.375. The Bertz CT molecular complexity index is 994. The molecule has 0 spiro atoms. The van der Waals surface area contributed by atoms with Gasteiger partial charge in [-0.2, -0.15) is 0 Å². The summed E-state index contributed by atoms with van der Waals surface area (Å²) in [5, 5.41) is 4.05. The molecule has 1 saturated heterocycles. The van der Waals surface area contributed by atoms with Crippen molar-refractivity contribution in [2.45, 2.75) is 38.6 Å². The average Bonchev–Trinajstić information content (AvgIpc) is 2.78. The van der Waals surface area contributed by atoms with Gasteiger partial charge in [0.2, 0.25) is 0 Å². The number of aromatic nitrogens is 2. The van der Waals surface area contributed by atoms with Crippen LogP contribution < -0.4 is 5.32 Å². The summed E-state index contributed by atoms with van der Waals surface area (Å²) >= 11 is 0. The minimum Gasteiger partial charge on any atom is -0.350 e. The summed E-state index contributed by atoms with van der Waals surface area (Å²) in [5.74, 6) is -0.0566. The largest absolute Gasteiger partial charge is 0.350 e. The Kier molecular flexibility index (Phi) is 5.58. The van der Waals surface area contributed by atoms with Crippen LogP contribution in [0.2, 0.25) is 0 Å². The molecule has 1 aliphatic heterocycles. The van der Waals surface area contributed by atoms with Gasteiger partial charge >= 0.3 is 0 Å². The SMILES string of the molecule is CC(C)(CNC(=O)c1cc(-c2cccnc2)nc2ccccc12)N1CCCCC1. The number of hydrogen-bond acceptors (Lipinski definition) is 4. The monoisotopic (exact) mass is 388 g/mol. The zero-order valence-electron chi connectivity index (χ0n) is 17.2. The summed E-state index contributed by atoms with van der Waals surface area (Å²) < 4.78 is 0. The molecule has 5 nitrogen and oxygen atoms in total. The molecule has 29 heavy (non-hydrogen) atoms. The van der Waals surface area contributed by atoms with Crippen LogP contribution in [0, 0.1) is 0 Å². The third-order valence-corrected chi connectivity index (χ3v) is 5.81. The molecule has 1 fully saturated rings. The first-order valence-electron chi connectivity index (χ1n) is 10.4. The molecular formula is C24H28N4O. The van der Waals surface area contributed by atoms with E-state index in [1.54, 1.807) is 12.4 Å². The number of pyridine rings is 2. The third kappa shape index (κ3) is 4.30. The number of nitrogens with one attached hydrogen (secondary N) is 1. The van der Waals surface area contributed by atoms with E-state index in [2.05, 4.69) is 29.0 Å². The normalized spacial score (nSPS) is 15.4. The summed E-state index contributed by atoms with van der Waals surface area (Å²) in [6, 6.07) is 13.5. The van der Waals surface area contributed by atoms with Gasteiger partial charge in [0.05, 0.1) is 16.8 Å². The van der Waals surface area contributed by atoms with Crippen molar-refractivity contribution in [3.05, 3.63) is 60.4 Å². The van der Waals surface area contributed by atoms with E-state index >= 15 is 0 Å². The van der Waals surface area contributed by atoms with Gasteiger partial charge in [0.1, 0.15) is 0 Å². The van der Waals surface area contributed by atoms with Crippen LogP contribution in [0.4, 0.5) is 0 Å². The van der Waals surface area contributed by atoms with Gasteiger partial charge in [0.15, 0.2) is 0 Å². The first kappa shape index (κ1) is 19.5. The van der Waals surface area contributed by atoms with Gasteiger partial charge in [-0.3, -0.25) is 14.7 Å². The van der Waals surface area contributed by atoms with Crippen LogP contribution in [0.15, 0.2) is 54.9 Å². The van der Waals surface area contributed by atoms with Crippen LogP contribution >= 0.6 is 0 Å². The lowest BCUT2D eigenvalue weighted by Gasteiger charge is -2.41. The van der Waals surface area contributed by atoms with Crippen LogP contribution in [0.3, 0.4) is 0 Å². The second kappa shape index (κ2) is 8.29. The van der Waals surface area contributed by atoms with E-state index in [0.717, 1.165) is 35.2 Å². The fourth-order valence-electron chi connectivity index (χ4n) is 4.03. The number of amides is 1. The van der Waals surface area contributed by atoms with Crippen molar-refractivity contribution < 1.29 is 4.79 Å². The third-order valence-electron chi connectivity index (χ3n) is 5.81. The van der Waals surface area contributed by atoms with Crippen molar-refractivity contribution in [1.82, 2.24) is 20.2 Å². The molecule has 0 atom stereocenters. The van der Waals surface area contributed by atoms with Crippen LogP contribution in [0.25, 0.3) is 22.2 Å². The molecule has 1 N–H and O–H groups in total. The van der Waals surface area contributed by atoms with Crippen molar-refractivity contribution >= 4 is 16.8 Å². The maximum atomic E-state index is 13.2. The first-order valence-corrected chi connectivity index (χ1v) is 10.4. The number of benzene rings is 1. The zero-order valence-corrected chi connectivity index (χ0v) is 17.2.